The van der Waals surface area contributed by atoms with Gasteiger partial charge in [0, 0.05) is 11.0 Å². The lowest BCUT2D eigenvalue weighted by molar-refractivity contribution is 0.0696. The number of anilines is 1. The predicted octanol–water partition coefficient (Wildman–Crippen LogP) is 2.95. The number of aromatic carboxylic acids is 1. The summed E-state index contributed by atoms with van der Waals surface area (Å²) in [6.07, 6.45) is 2.94. The van der Waals surface area contributed by atoms with Crippen LogP contribution in [0.5, 0.6) is 0 Å². The van der Waals surface area contributed by atoms with E-state index in [1.165, 1.54) is 17.8 Å². The summed E-state index contributed by atoms with van der Waals surface area (Å²) >= 11 is 1.50. The van der Waals surface area contributed by atoms with Crippen LogP contribution in [0.25, 0.3) is 0 Å². The zero-order chi connectivity index (χ0) is 13.8. The van der Waals surface area contributed by atoms with E-state index >= 15 is 0 Å². The summed E-state index contributed by atoms with van der Waals surface area (Å²) in [5.74, 6) is -1.64. The maximum absolute atomic E-state index is 11.9. The maximum Gasteiger partial charge on any atom is 0.338 e. The molecule has 1 aromatic heterocycles. The number of para-hydroxylation sites is 1. The molecule has 1 heterocycles. The molecule has 2 rings (SSSR count). The van der Waals surface area contributed by atoms with Crippen LogP contribution < -0.4 is 5.32 Å². The summed E-state index contributed by atoms with van der Waals surface area (Å²) in [6.45, 7) is 0. The molecule has 19 heavy (non-hydrogen) atoms. The van der Waals surface area contributed by atoms with Crippen LogP contribution in [-0.2, 0) is 0 Å². The molecule has 0 atom stereocenters. The van der Waals surface area contributed by atoms with Gasteiger partial charge in [-0.25, -0.2) is 4.79 Å². The van der Waals surface area contributed by atoms with Crippen LogP contribution in [0.15, 0.2) is 45.9 Å². The highest BCUT2D eigenvalue weighted by molar-refractivity contribution is 7.98. The topological polar surface area (TPSA) is 79.5 Å². The molecule has 2 aromatic rings. The first-order chi connectivity index (χ1) is 9.11. The molecule has 0 unspecified atom stereocenters. The van der Waals surface area contributed by atoms with Gasteiger partial charge in [0.2, 0.25) is 0 Å². The number of amides is 1. The molecule has 0 radical (unpaired) electrons. The summed E-state index contributed by atoms with van der Waals surface area (Å²) in [5.41, 5.74) is 0.608. The van der Waals surface area contributed by atoms with E-state index in [-0.39, 0.29) is 11.3 Å². The first kappa shape index (κ1) is 13.2. The fourth-order valence-electron chi connectivity index (χ4n) is 1.50. The molecule has 2 N–H and O–H groups in total. The quantitative estimate of drug-likeness (QED) is 0.840. The second-order valence-electron chi connectivity index (χ2n) is 3.66. The molecule has 6 heteroatoms. The Hall–Kier alpha value is -2.21. The van der Waals surface area contributed by atoms with E-state index in [4.69, 9.17) is 9.52 Å². The van der Waals surface area contributed by atoms with Gasteiger partial charge in [0.25, 0.3) is 5.91 Å². The normalized spacial score (nSPS) is 10.2. The van der Waals surface area contributed by atoms with E-state index in [0.717, 1.165) is 11.2 Å². The lowest BCUT2D eigenvalue weighted by atomic mass is 10.3. The first-order valence-electron chi connectivity index (χ1n) is 5.38. The molecule has 0 aliphatic rings. The van der Waals surface area contributed by atoms with Crippen LogP contribution in [0.3, 0.4) is 0 Å². The van der Waals surface area contributed by atoms with Crippen molar-refractivity contribution in [3.05, 3.63) is 47.9 Å². The molecule has 0 saturated heterocycles. The number of carbonyl (C=O) groups excluding carboxylic acids is 1. The van der Waals surface area contributed by atoms with Crippen molar-refractivity contribution in [3.8, 4) is 0 Å². The van der Waals surface area contributed by atoms with Crippen molar-refractivity contribution < 1.29 is 19.1 Å². The van der Waals surface area contributed by atoms with Crippen molar-refractivity contribution in [1.82, 2.24) is 0 Å². The number of hydrogen-bond acceptors (Lipinski definition) is 4. The summed E-state index contributed by atoms with van der Waals surface area (Å²) in [5, 5.41) is 11.4. The van der Waals surface area contributed by atoms with Crippen molar-refractivity contribution in [3.63, 3.8) is 0 Å². The van der Waals surface area contributed by atoms with E-state index in [1.54, 1.807) is 12.1 Å². The van der Waals surface area contributed by atoms with Gasteiger partial charge >= 0.3 is 5.97 Å². The summed E-state index contributed by atoms with van der Waals surface area (Å²) in [7, 11) is 0. The zero-order valence-electron chi connectivity index (χ0n) is 10.0. The van der Waals surface area contributed by atoms with Crippen molar-refractivity contribution in [2.24, 2.45) is 0 Å². The number of carboxylic acid groups (broad SMARTS) is 1. The third kappa shape index (κ3) is 2.97. The highest BCUT2D eigenvalue weighted by Crippen LogP contribution is 2.25. The standard InChI is InChI=1S/C13H11NO4S/c1-19-11-5-3-2-4-9(11)14-12(15)10-6-8(7-18-10)13(16)17/h2-7H,1H3,(H,14,15)(H,16,17). The second-order valence-corrected chi connectivity index (χ2v) is 4.51. The molecule has 1 aromatic carbocycles. The van der Waals surface area contributed by atoms with Crippen molar-refractivity contribution in [2.45, 2.75) is 4.90 Å². The lowest BCUT2D eigenvalue weighted by Crippen LogP contribution is -2.11. The van der Waals surface area contributed by atoms with Crippen molar-refractivity contribution >= 4 is 29.3 Å². The maximum atomic E-state index is 11.9. The van der Waals surface area contributed by atoms with Gasteiger partial charge in [0.05, 0.1) is 11.3 Å². The van der Waals surface area contributed by atoms with Gasteiger partial charge in [0.1, 0.15) is 6.26 Å². The molecule has 1 amide bonds. The average Bonchev–Trinajstić information content (AvgIpc) is 2.89. The van der Waals surface area contributed by atoms with Gasteiger partial charge in [-0.05, 0) is 18.4 Å². The Morgan fingerprint density at radius 2 is 2.05 bits per heavy atom. The predicted molar refractivity (Wildman–Crippen MR) is 71.8 cm³/mol. The highest BCUT2D eigenvalue weighted by Gasteiger charge is 2.15. The summed E-state index contributed by atoms with van der Waals surface area (Å²) < 4.78 is 4.93. The lowest BCUT2D eigenvalue weighted by Gasteiger charge is -2.07. The van der Waals surface area contributed by atoms with Gasteiger partial charge in [-0.1, -0.05) is 12.1 Å². The van der Waals surface area contributed by atoms with Gasteiger partial charge < -0.3 is 14.8 Å². The molecule has 0 fully saturated rings. The van der Waals surface area contributed by atoms with E-state index in [2.05, 4.69) is 5.32 Å². The molecule has 98 valence electrons. The Bertz CT molecular complexity index is 621. The second kappa shape index (κ2) is 5.62. The Morgan fingerprint density at radius 3 is 2.68 bits per heavy atom. The minimum Gasteiger partial charge on any atom is -0.478 e. The monoisotopic (exact) mass is 277 g/mol. The fraction of sp³-hybridized carbons (Fsp3) is 0.0769. The molecular formula is C13H11NO4S. The largest absolute Gasteiger partial charge is 0.478 e. The van der Waals surface area contributed by atoms with Crippen LogP contribution in [0.2, 0.25) is 0 Å². The molecular weight excluding hydrogens is 266 g/mol. The third-order valence-electron chi connectivity index (χ3n) is 2.43. The highest BCUT2D eigenvalue weighted by atomic mass is 32.2. The van der Waals surface area contributed by atoms with Gasteiger partial charge in [-0.2, -0.15) is 0 Å². The number of hydrogen-bond donors (Lipinski definition) is 2. The minimum atomic E-state index is -1.13. The first-order valence-corrected chi connectivity index (χ1v) is 6.60. The van der Waals surface area contributed by atoms with Gasteiger partial charge in [-0.15, -0.1) is 11.8 Å². The SMILES string of the molecule is CSc1ccccc1NC(=O)c1cc(C(=O)O)co1. The van der Waals surface area contributed by atoms with Crippen molar-refractivity contribution in [1.29, 1.82) is 0 Å². The Labute approximate surface area is 113 Å². The molecule has 0 spiro atoms. The van der Waals surface area contributed by atoms with Crippen molar-refractivity contribution in [2.75, 3.05) is 11.6 Å². The Morgan fingerprint density at radius 1 is 1.32 bits per heavy atom. The van der Waals surface area contributed by atoms with Crippen LogP contribution in [0.4, 0.5) is 5.69 Å². The smallest absolute Gasteiger partial charge is 0.338 e. The summed E-state index contributed by atoms with van der Waals surface area (Å²) in [6, 6.07) is 8.52. The van der Waals surface area contributed by atoms with Crippen LogP contribution in [-0.4, -0.2) is 23.2 Å². The molecule has 0 bridgehead atoms. The zero-order valence-corrected chi connectivity index (χ0v) is 10.9. The molecule has 0 aliphatic heterocycles. The number of thioether (sulfide) groups is 1. The molecule has 0 aliphatic carbocycles. The van der Waals surface area contributed by atoms with Crippen LogP contribution >= 0.6 is 11.8 Å². The molecule has 5 nitrogen and oxygen atoms in total. The number of benzene rings is 1. The average molecular weight is 277 g/mol. The number of nitrogens with one attached hydrogen (secondary N) is 1. The van der Waals surface area contributed by atoms with Gasteiger partial charge in [0.15, 0.2) is 5.76 Å². The fourth-order valence-corrected chi connectivity index (χ4v) is 2.05. The third-order valence-corrected chi connectivity index (χ3v) is 3.22. The van der Waals surface area contributed by atoms with Gasteiger partial charge in [-0.3, -0.25) is 4.79 Å². The van der Waals surface area contributed by atoms with Crippen LogP contribution in [0, 0.1) is 0 Å². The number of rotatable bonds is 4. The van der Waals surface area contributed by atoms with E-state index in [1.807, 2.05) is 18.4 Å². The molecule has 0 saturated carbocycles. The Balaban J connectivity index is 2.18. The van der Waals surface area contributed by atoms with Crippen LogP contribution in [0.1, 0.15) is 20.9 Å². The van der Waals surface area contributed by atoms with E-state index < -0.39 is 11.9 Å². The number of carbonyl (C=O) groups is 2. The Kier molecular flexibility index (Phi) is 3.91. The number of furan rings is 1. The summed E-state index contributed by atoms with van der Waals surface area (Å²) in [4.78, 5) is 23.5. The van der Waals surface area contributed by atoms with E-state index in [0.29, 0.717) is 5.69 Å². The minimum absolute atomic E-state index is 0.0340. The number of carboxylic acids is 1. The van der Waals surface area contributed by atoms with E-state index in [9.17, 15) is 9.59 Å².